The van der Waals surface area contributed by atoms with Gasteiger partial charge in [0.1, 0.15) is 5.82 Å². The maximum Gasteiger partial charge on any atom is 0.261 e. The molecule has 1 amide bonds. The summed E-state index contributed by atoms with van der Waals surface area (Å²) >= 11 is 1.35. The van der Waals surface area contributed by atoms with E-state index < -0.39 is 0 Å². The summed E-state index contributed by atoms with van der Waals surface area (Å²) in [4.78, 5) is 18.1. The third kappa shape index (κ3) is 4.50. The molecular weight excluding hydrogens is 385 g/mol. The molecule has 0 spiro atoms. The zero-order valence-electron chi connectivity index (χ0n) is 16.9. The summed E-state index contributed by atoms with van der Waals surface area (Å²) < 4.78 is 14.9. The van der Waals surface area contributed by atoms with E-state index in [1.807, 2.05) is 25.1 Å². The number of carbonyl (C=O) groups is 1. The van der Waals surface area contributed by atoms with E-state index >= 15 is 0 Å². The lowest BCUT2D eigenvalue weighted by Gasteiger charge is -2.32. The van der Waals surface area contributed by atoms with E-state index in [2.05, 4.69) is 34.3 Å². The Hall–Kier alpha value is -2.28. The Kier molecular flexibility index (Phi) is 5.94. The molecule has 3 aromatic rings. The topological polar surface area (TPSA) is 35.6 Å². The first-order valence-electron chi connectivity index (χ1n) is 9.96. The van der Waals surface area contributed by atoms with Gasteiger partial charge < -0.3 is 10.2 Å². The molecule has 29 heavy (non-hydrogen) atoms. The zero-order chi connectivity index (χ0) is 20.4. The number of hydrogen-bond acceptors (Lipinski definition) is 4. The molecule has 0 aliphatic carbocycles. The first-order chi connectivity index (χ1) is 14.0. The highest BCUT2D eigenvalue weighted by Crippen LogP contribution is 2.32. The molecule has 1 saturated heterocycles. The average molecular weight is 412 g/mol. The van der Waals surface area contributed by atoms with Crippen molar-refractivity contribution >= 4 is 27.3 Å². The highest BCUT2D eigenvalue weighted by Gasteiger charge is 2.18. The summed E-state index contributed by atoms with van der Waals surface area (Å²) in [5.74, 6) is -0.417. The van der Waals surface area contributed by atoms with Crippen LogP contribution in [0.4, 0.5) is 4.39 Å². The summed E-state index contributed by atoms with van der Waals surface area (Å²) in [5, 5.41) is 3.55. The molecule has 0 unspecified atom stereocenters. The predicted molar refractivity (Wildman–Crippen MR) is 117 cm³/mol. The van der Waals surface area contributed by atoms with Gasteiger partial charge in [-0.25, -0.2) is 4.39 Å². The fourth-order valence-corrected chi connectivity index (χ4v) is 4.97. The molecule has 1 aliphatic heterocycles. The minimum absolute atomic E-state index is 0.146. The number of nitrogens with one attached hydrogen (secondary N) is 1. The molecule has 0 bridgehead atoms. The summed E-state index contributed by atoms with van der Waals surface area (Å²) in [6, 6.07) is 13.4. The van der Waals surface area contributed by atoms with Crippen LogP contribution >= 0.6 is 11.3 Å². The van der Waals surface area contributed by atoms with Crippen molar-refractivity contribution in [2.75, 3.05) is 33.2 Å². The normalized spacial score (nSPS) is 15.7. The Bertz CT molecular complexity index is 1020. The molecule has 1 N–H and O–H groups in total. The van der Waals surface area contributed by atoms with Crippen molar-refractivity contribution in [3.63, 3.8) is 0 Å². The quantitative estimate of drug-likeness (QED) is 0.689. The van der Waals surface area contributed by atoms with Gasteiger partial charge in [-0.1, -0.05) is 30.3 Å². The van der Waals surface area contributed by atoms with Crippen LogP contribution in [0.1, 0.15) is 26.4 Å². The average Bonchev–Trinajstić information content (AvgIpc) is 3.06. The molecule has 1 fully saturated rings. The number of piperazine rings is 1. The van der Waals surface area contributed by atoms with E-state index in [-0.39, 0.29) is 11.7 Å². The Morgan fingerprint density at radius 2 is 1.83 bits per heavy atom. The Morgan fingerprint density at radius 1 is 1.10 bits per heavy atom. The summed E-state index contributed by atoms with van der Waals surface area (Å²) in [7, 11) is 2.16. The van der Waals surface area contributed by atoms with Crippen LogP contribution in [0.2, 0.25) is 0 Å². The van der Waals surface area contributed by atoms with Crippen molar-refractivity contribution in [1.29, 1.82) is 0 Å². The highest BCUT2D eigenvalue weighted by atomic mass is 32.1. The molecule has 4 rings (SSSR count). The van der Waals surface area contributed by atoms with Crippen LogP contribution in [-0.2, 0) is 13.1 Å². The number of fused-ring (bicyclic) bond motifs is 1. The van der Waals surface area contributed by atoms with Crippen molar-refractivity contribution in [2.24, 2.45) is 0 Å². The third-order valence-electron chi connectivity index (χ3n) is 5.56. The molecule has 2 aromatic carbocycles. The van der Waals surface area contributed by atoms with Crippen LogP contribution < -0.4 is 5.32 Å². The SMILES string of the molecule is Cc1c(C(=O)NCc2cccc(CN3CCN(C)CC3)c2)sc2cccc(F)c12. The number of halogens is 1. The van der Waals surface area contributed by atoms with Crippen LogP contribution in [0.25, 0.3) is 10.1 Å². The minimum Gasteiger partial charge on any atom is -0.347 e. The lowest BCUT2D eigenvalue weighted by atomic mass is 10.1. The monoisotopic (exact) mass is 411 g/mol. The number of carbonyl (C=O) groups excluding carboxylic acids is 1. The van der Waals surface area contributed by atoms with Gasteiger partial charge in [0.25, 0.3) is 5.91 Å². The molecule has 0 radical (unpaired) electrons. The van der Waals surface area contributed by atoms with Crippen LogP contribution in [0.15, 0.2) is 42.5 Å². The van der Waals surface area contributed by atoms with Crippen LogP contribution in [0.5, 0.6) is 0 Å². The molecule has 152 valence electrons. The smallest absolute Gasteiger partial charge is 0.261 e. The maximum absolute atomic E-state index is 14.1. The standard InChI is InChI=1S/C23H26FN3OS/c1-16-21-19(24)7-4-8-20(21)29-22(16)23(28)25-14-17-5-3-6-18(13-17)15-27-11-9-26(2)10-12-27/h3-8,13H,9-12,14-15H2,1-2H3,(H,25,28). The molecule has 2 heterocycles. The molecule has 6 heteroatoms. The number of likely N-dealkylation sites (N-methyl/N-ethyl adjacent to an activating group) is 1. The Balaban J connectivity index is 1.41. The van der Waals surface area contributed by atoms with E-state index in [1.165, 1.54) is 23.0 Å². The van der Waals surface area contributed by atoms with Gasteiger partial charge in [-0.05, 0) is 42.8 Å². The molecule has 0 saturated carbocycles. The van der Waals surface area contributed by atoms with Crippen LogP contribution in [-0.4, -0.2) is 48.9 Å². The van der Waals surface area contributed by atoms with Gasteiger partial charge in [-0.2, -0.15) is 0 Å². The van der Waals surface area contributed by atoms with Gasteiger partial charge in [-0.3, -0.25) is 9.69 Å². The lowest BCUT2D eigenvalue weighted by molar-refractivity contribution is 0.0954. The largest absolute Gasteiger partial charge is 0.347 e. The number of benzene rings is 2. The third-order valence-corrected chi connectivity index (χ3v) is 6.81. The van der Waals surface area contributed by atoms with Crippen molar-refractivity contribution in [3.05, 3.63) is 69.8 Å². The van der Waals surface area contributed by atoms with E-state index in [1.54, 1.807) is 6.07 Å². The van der Waals surface area contributed by atoms with E-state index in [0.717, 1.165) is 43.0 Å². The number of rotatable bonds is 5. The lowest BCUT2D eigenvalue weighted by Crippen LogP contribution is -2.43. The highest BCUT2D eigenvalue weighted by molar-refractivity contribution is 7.21. The van der Waals surface area contributed by atoms with Crippen LogP contribution in [0.3, 0.4) is 0 Å². The Morgan fingerprint density at radius 3 is 2.59 bits per heavy atom. The van der Waals surface area contributed by atoms with Crippen molar-refractivity contribution in [3.8, 4) is 0 Å². The number of aryl methyl sites for hydroxylation is 1. The fourth-order valence-electron chi connectivity index (χ4n) is 3.83. The summed E-state index contributed by atoms with van der Waals surface area (Å²) in [5.41, 5.74) is 3.06. The number of thiophene rings is 1. The van der Waals surface area contributed by atoms with E-state index in [0.29, 0.717) is 22.4 Å². The number of nitrogens with zero attached hydrogens (tertiary/aromatic N) is 2. The minimum atomic E-state index is -0.271. The summed E-state index contributed by atoms with van der Waals surface area (Å²) in [6.45, 7) is 7.58. The second kappa shape index (κ2) is 8.61. The second-order valence-corrected chi connectivity index (χ2v) is 8.80. The first-order valence-corrected chi connectivity index (χ1v) is 10.8. The predicted octanol–water partition coefficient (Wildman–Crippen LogP) is 4.03. The number of amides is 1. The van der Waals surface area contributed by atoms with Gasteiger partial charge >= 0.3 is 0 Å². The first kappa shape index (κ1) is 20.0. The summed E-state index contributed by atoms with van der Waals surface area (Å²) in [6.07, 6.45) is 0. The van der Waals surface area contributed by atoms with E-state index in [9.17, 15) is 9.18 Å². The molecule has 1 aromatic heterocycles. The van der Waals surface area contributed by atoms with E-state index in [4.69, 9.17) is 0 Å². The van der Waals surface area contributed by atoms with Gasteiger partial charge in [0, 0.05) is 49.4 Å². The molecular formula is C23H26FN3OS. The number of hydrogen-bond donors (Lipinski definition) is 1. The molecule has 0 atom stereocenters. The van der Waals surface area contributed by atoms with Gasteiger partial charge in [-0.15, -0.1) is 11.3 Å². The van der Waals surface area contributed by atoms with Gasteiger partial charge in [0.05, 0.1) is 4.88 Å². The van der Waals surface area contributed by atoms with Crippen molar-refractivity contribution in [2.45, 2.75) is 20.0 Å². The fraction of sp³-hybridized carbons (Fsp3) is 0.348. The van der Waals surface area contributed by atoms with Crippen molar-refractivity contribution in [1.82, 2.24) is 15.1 Å². The van der Waals surface area contributed by atoms with Gasteiger partial charge in [0.2, 0.25) is 0 Å². The maximum atomic E-state index is 14.1. The Labute approximate surface area is 174 Å². The van der Waals surface area contributed by atoms with Gasteiger partial charge in [0.15, 0.2) is 0 Å². The molecule has 1 aliphatic rings. The van der Waals surface area contributed by atoms with Crippen LogP contribution in [0, 0.1) is 12.7 Å². The zero-order valence-corrected chi connectivity index (χ0v) is 17.7. The van der Waals surface area contributed by atoms with Crippen molar-refractivity contribution < 1.29 is 9.18 Å². The second-order valence-electron chi connectivity index (χ2n) is 7.75. The molecule has 4 nitrogen and oxygen atoms in total.